The summed E-state index contributed by atoms with van der Waals surface area (Å²) in [5, 5.41) is 17.6. The van der Waals surface area contributed by atoms with Gasteiger partial charge in [0.05, 0.1) is 13.2 Å². The van der Waals surface area contributed by atoms with Gasteiger partial charge in [-0.05, 0) is 11.6 Å². The summed E-state index contributed by atoms with van der Waals surface area (Å²) in [6, 6.07) is 10.7. The highest BCUT2D eigenvalue weighted by molar-refractivity contribution is 5.13. The molecule has 1 rings (SSSR count). The number of hydrogen-bond donors (Lipinski definition) is 2. The molecule has 0 saturated carbocycles. The summed E-state index contributed by atoms with van der Waals surface area (Å²) in [6.45, 7) is 2.20. The summed E-state index contributed by atoms with van der Waals surface area (Å²) < 4.78 is 0. The third kappa shape index (κ3) is 3.87. The van der Waals surface area contributed by atoms with Crippen molar-refractivity contribution in [1.82, 2.24) is 4.90 Å². The Balaban J connectivity index is 2.46. The number of hydrogen-bond acceptors (Lipinski definition) is 3. The zero-order valence-electron chi connectivity index (χ0n) is 8.19. The van der Waals surface area contributed by atoms with Crippen LogP contribution in [0.3, 0.4) is 0 Å². The van der Waals surface area contributed by atoms with E-state index in [1.54, 1.807) is 0 Å². The van der Waals surface area contributed by atoms with Gasteiger partial charge >= 0.3 is 0 Å². The molecule has 1 radical (unpaired) electrons. The minimum absolute atomic E-state index is 0.124. The molecule has 0 aliphatic heterocycles. The molecule has 0 fully saturated rings. The monoisotopic (exact) mass is 194 g/mol. The van der Waals surface area contributed by atoms with Gasteiger partial charge < -0.3 is 10.2 Å². The van der Waals surface area contributed by atoms with Gasteiger partial charge in [-0.3, -0.25) is 4.90 Å². The predicted molar refractivity (Wildman–Crippen MR) is 54.7 cm³/mol. The Hall–Kier alpha value is -0.900. The van der Waals surface area contributed by atoms with Crippen molar-refractivity contribution in [1.29, 1.82) is 0 Å². The smallest absolute Gasteiger partial charge is 0.0558 e. The Labute approximate surface area is 84.6 Å². The molecule has 0 heterocycles. The highest BCUT2D eigenvalue weighted by atomic mass is 16.3. The van der Waals surface area contributed by atoms with Crippen LogP contribution < -0.4 is 0 Å². The summed E-state index contributed by atoms with van der Waals surface area (Å²) in [5.74, 6) is 0. The lowest BCUT2D eigenvalue weighted by Gasteiger charge is -2.19. The molecular weight excluding hydrogens is 178 g/mol. The van der Waals surface area contributed by atoms with E-state index in [1.807, 2.05) is 29.2 Å². The number of rotatable bonds is 6. The van der Waals surface area contributed by atoms with Crippen molar-refractivity contribution in [2.24, 2.45) is 0 Å². The molecule has 0 unspecified atom stereocenters. The van der Waals surface area contributed by atoms with Gasteiger partial charge in [0.25, 0.3) is 0 Å². The van der Waals surface area contributed by atoms with Gasteiger partial charge in [0.15, 0.2) is 0 Å². The van der Waals surface area contributed by atoms with Gasteiger partial charge in [-0.15, -0.1) is 0 Å². The van der Waals surface area contributed by atoms with E-state index in [9.17, 15) is 0 Å². The van der Waals surface area contributed by atoms with E-state index in [2.05, 4.69) is 6.07 Å². The van der Waals surface area contributed by atoms with Gasteiger partial charge in [0.2, 0.25) is 0 Å². The standard InChI is InChI=1S/C11H16NO2/c13-8-6-12(7-9-14)10-11-4-2-1-3-5-11/h2-5,13-14H,6-10H2. The molecule has 14 heavy (non-hydrogen) atoms. The van der Waals surface area contributed by atoms with Crippen molar-refractivity contribution in [3.8, 4) is 0 Å². The fourth-order valence-electron chi connectivity index (χ4n) is 1.34. The first-order valence-corrected chi connectivity index (χ1v) is 4.76. The van der Waals surface area contributed by atoms with Crippen LogP contribution in [0.4, 0.5) is 0 Å². The maximum atomic E-state index is 8.81. The number of benzene rings is 1. The second kappa shape index (κ2) is 6.54. The SMILES string of the molecule is OCCN(CCO)Cc1cc[c]cc1. The molecule has 0 amide bonds. The van der Waals surface area contributed by atoms with Crippen LogP contribution in [0.5, 0.6) is 0 Å². The van der Waals surface area contributed by atoms with Crippen LogP contribution in [0, 0.1) is 6.07 Å². The van der Waals surface area contributed by atoms with Crippen molar-refractivity contribution in [2.45, 2.75) is 6.54 Å². The molecule has 0 aliphatic carbocycles. The molecule has 77 valence electrons. The molecule has 1 aromatic rings. The summed E-state index contributed by atoms with van der Waals surface area (Å²) in [4.78, 5) is 2.01. The van der Waals surface area contributed by atoms with E-state index in [4.69, 9.17) is 10.2 Å². The molecule has 0 bridgehead atoms. The van der Waals surface area contributed by atoms with Crippen LogP contribution in [0.15, 0.2) is 24.3 Å². The fraction of sp³-hybridized carbons (Fsp3) is 0.455. The molecule has 0 aliphatic rings. The topological polar surface area (TPSA) is 43.7 Å². The van der Waals surface area contributed by atoms with Crippen molar-refractivity contribution >= 4 is 0 Å². The van der Waals surface area contributed by atoms with Gasteiger partial charge in [0, 0.05) is 19.6 Å². The second-order valence-corrected chi connectivity index (χ2v) is 3.13. The minimum Gasteiger partial charge on any atom is -0.395 e. The molecule has 1 aromatic carbocycles. The van der Waals surface area contributed by atoms with Gasteiger partial charge in [0.1, 0.15) is 0 Å². The molecule has 0 atom stereocenters. The lowest BCUT2D eigenvalue weighted by atomic mass is 10.2. The van der Waals surface area contributed by atoms with E-state index < -0.39 is 0 Å². The van der Waals surface area contributed by atoms with E-state index in [1.165, 1.54) is 5.56 Å². The second-order valence-electron chi connectivity index (χ2n) is 3.13. The van der Waals surface area contributed by atoms with Crippen LogP contribution in [-0.2, 0) is 6.54 Å². The Morgan fingerprint density at radius 3 is 2.14 bits per heavy atom. The number of nitrogens with zero attached hydrogens (tertiary/aromatic N) is 1. The van der Waals surface area contributed by atoms with Gasteiger partial charge in [-0.2, -0.15) is 0 Å². The molecule has 0 saturated heterocycles. The average Bonchev–Trinajstić information content (AvgIpc) is 2.20. The first kappa shape index (κ1) is 11.2. The molecule has 2 N–H and O–H groups in total. The Kier molecular flexibility index (Phi) is 5.22. The lowest BCUT2D eigenvalue weighted by Crippen LogP contribution is -2.29. The molecule has 3 heteroatoms. The zero-order chi connectivity index (χ0) is 10.2. The first-order chi connectivity index (χ1) is 6.86. The third-order valence-electron chi connectivity index (χ3n) is 2.03. The fourth-order valence-corrected chi connectivity index (χ4v) is 1.34. The average molecular weight is 194 g/mol. The maximum Gasteiger partial charge on any atom is 0.0558 e. The van der Waals surface area contributed by atoms with Crippen LogP contribution in [-0.4, -0.2) is 41.4 Å². The first-order valence-electron chi connectivity index (χ1n) is 4.76. The molecule has 3 nitrogen and oxygen atoms in total. The highest BCUT2D eigenvalue weighted by Crippen LogP contribution is 2.02. The van der Waals surface area contributed by atoms with E-state index >= 15 is 0 Å². The Bertz CT molecular complexity index is 232. The summed E-state index contributed by atoms with van der Waals surface area (Å²) in [6.07, 6.45) is 0. The highest BCUT2D eigenvalue weighted by Gasteiger charge is 2.03. The van der Waals surface area contributed by atoms with Crippen LogP contribution in [0.2, 0.25) is 0 Å². The van der Waals surface area contributed by atoms with Crippen molar-refractivity contribution in [3.63, 3.8) is 0 Å². The van der Waals surface area contributed by atoms with E-state index in [0.29, 0.717) is 13.1 Å². The normalized spacial score (nSPS) is 10.8. The van der Waals surface area contributed by atoms with Crippen molar-refractivity contribution in [2.75, 3.05) is 26.3 Å². The Morgan fingerprint density at radius 1 is 1.07 bits per heavy atom. The van der Waals surface area contributed by atoms with Gasteiger partial charge in [-0.25, -0.2) is 0 Å². The van der Waals surface area contributed by atoms with Crippen LogP contribution >= 0.6 is 0 Å². The summed E-state index contributed by atoms with van der Waals surface area (Å²) in [7, 11) is 0. The number of aliphatic hydroxyl groups is 2. The third-order valence-corrected chi connectivity index (χ3v) is 2.03. The van der Waals surface area contributed by atoms with Crippen molar-refractivity contribution < 1.29 is 10.2 Å². The molecular formula is C11H16NO2. The zero-order valence-corrected chi connectivity index (χ0v) is 8.19. The number of aliphatic hydroxyl groups excluding tert-OH is 2. The van der Waals surface area contributed by atoms with E-state index in [0.717, 1.165) is 6.54 Å². The van der Waals surface area contributed by atoms with Gasteiger partial charge in [-0.1, -0.05) is 24.3 Å². The van der Waals surface area contributed by atoms with Crippen LogP contribution in [0.1, 0.15) is 5.56 Å². The Morgan fingerprint density at radius 2 is 1.64 bits per heavy atom. The quantitative estimate of drug-likeness (QED) is 0.683. The predicted octanol–water partition coefficient (Wildman–Crippen LogP) is 0.273. The molecule has 0 aromatic heterocycles. The lowest BCUT2D eigenvalue weighted by molar-refractivity contribution is 0.156. The van der Waals surface area contributed by atoms with Crippen molar-refractivity contribution in [3.05, 3.63) is 35.9 Å². The van der Waals surface area contributed by atoms with Crippen LogP contribution in [0.25, 0.3) is 0 Å². The van der Waals surface area contributed by atoms with E-state index in [-0.39, 0.29) is 13.2 Å². The largest absolute Gasteiger partial charge is 0.395 e. The summed E-state index contributed by atoms with van der Waals surface area (Å²) >= 11 is 0. The molecule has 0 spiro atoms. The minimum atomic E-state index is 0.124. The summed E-state index contributed by atoms with van der Waals surface area (Å²) in [5.41, 5.74) is 1.17. The maximum absolute atomic E-state index is 8.81.